The molecule has 1 amide bonds. The molecule has 2 N–H and O–H groups in total. The molecule has 0 aliphatic heterocycles. The highest BCUT2D eigenvalue weighted by Crippen LogP contribution is 1.99. The van der Waals surface area contributed by atoms with Crippen LogP contribution in [0.2, 0.25) is 0 Å². The van der Waals surface area contributed by atoms with Crippen molar-refractivity contribution in [2.45, 2.75) is 0 Å². The van der Waals surface area contributed by atoms with Crippen LogP contribution >= 0.6 is 12.6 Å². The van der Waals surface area contributed by atoms with E-state index in [1.165, 1.54) is 11.1 Å². The van der Waals surface area contributed by atoms with Crippen molar-refractivity contribution in [1.29, 1.82) is 0 Å². The lowest BCUT2D eigenvalue weighted by molar-refractivity contribution is -0.123. The van der Waals surface area contributed by atoms with Gasteiger partial charge in [-0.2, -0.15) is 0 Å². The Morgan fingerprint density at radius 2 is 2.11 bits per heavy atom. The van der Waals surface area contributed by atoms with Gasteiger partial charge >= 0.3 is 0 Å². The molecule has 0 aromatic heterocycles. The second-order valence-corrected chi connectivity index (χ2v) is 2.23. The van der Waals surface area contributed by atoms with Gasteiger partial charge in [0, 0.05) is 20.3 Å². The Morgan fingerprint density at radius 3 is 2.22 bits per heavy atom. The van der Waals surface area contributed by atoms with Gasteiger partial charge in [0.15, 0.2) is 0 Å². The molecule has 0 spiro atoms. The zero-order chi connectivity index (χ0) is 7.44. The normalized spacial score (nSPS) is 11.2. The van der Waals surface area contributed by atoms with Crippen molar-refractivity contribution in [3.8, 4) is 0 Å². The van der Waals surface area contributed by atoms with Crippen LogP contribution < -0.4 is 5.73 Å². The van der Waals surface area contributed by atoms with Crippen molar-refractivity contribution in [1.82, 2.24) is 4.90 Å². The van der Waals surface area contributed by atoms with Gasteiger partial charge in [-0.05, 0) is 0 Å². The van der Waals surface area contributed by atoms with Crippen molar-refractivity contribution < 1.29 is 4.79 Å². The zero-order valence-corrected chi connectivity index (χ0v) is 6.35. The first-order chi connectivity index (χ1) is 4.09. The Bertz CT molecular complexity index is 142. The van der Waals surface area contributed by atoms with Crippen LogP contribution in [-0.4, -0.2) is 24.9 Å². The Hall–Kier alpha value is -0.640. The van der Waals surface area contributed by atoms with Crippen molar-refractivity contribution in [3.63, 3.8) is 0 Å². The highest BCUT2D eigenvalue weighted by Gasteiger charge is 2.04. The number of hydrogen-bond acceptors (Lipinski definition) is 3. The zero-order valence-electron chi connectivity index (χ0n) is 5.46. The largest absolute Gasteiger partial charge is 0.404 e. The van der Waals surface area contributed by atoms with E-state index in [0.717, 1.165) is 0 Å². The summed E-state index contributed by atoms with van der Waals surface area (Å²) in [5.41, 5.74) is 5.02. The van der Waals surface area contributed by atoms with Gasteiger partial charge in [0.2, 0.25) is 0 Å². The lowest BCUT2D eigenvalue weighted by Crippen LogP contribution is -2.22. The van der Waals surface area contributed by atoms with Crippen molar-refractivity contribution in [2.24, 2.45) is 5.73 Å². The summed E-state index contributed by atoms with van der Waals surface area (Å²) in [7, 11) is 3.28. The molecule has 0 heterocycles. The van der Waals surface area contributed by atoms with E-state index in [2.05, 4.69) is 12.6 Å². The maximum atomic E-state index is 10.8. The van der Waals surface area contributed by atoms with Crippen LogP contribution in [0, 0.1) is 0 Å². The van der Waals surface area contributed by atoms with E-state index in [4.69, 9.17) is 5.73 Å². The number of nitrogens with two attached hydrogens (primary N) is 1. The minimum Gasteiger partial charge on any atom is -0.404 e. The number of nitrogens with zero attached hydrogens (tertiary/aromatic N) is 1. The smallest absolute Gasteiger partial charge is 0.260 e. The topological polar surface area (TPSA) is 46.3 Å². The maximum absolute atomic E-state index is 10.8. The first kappa shape index (κ1) is 8.36. The third-order valence-electron chi connectivity index (χ3n) is 0.783. The van der Waals surface area contributed by atoms with Gasteiger partial charge in [0.1, 0.15) is 0 Å². The van der Waals surface area contributed by atoms with Crippen molar-refractivity contribution in [3.05, 3.63) is 11.1 Å². The molecule has 9 heavy (non-hydrogen) atoms. The summed E-state index contributed by atoms with van der Waals surface area (Å²) >= 11 is 3.81. The predicted molar refractivity (Wildman–Crippen MR) is 40.0 cm³/mol. The quantitative estimate of drug-likeness (QED) is 0.397. The highest BCUT2D eigenvalue weighted by atomic mass is 32.1. The van der Waals surface area contributed by atoms with Gasteiger partial charge < -0.3 is 10.6 Å². The first-order valence-corrected chi connectivity index (χ1v) is 2.86. The van der Waals surface area contributed by atoms with Gasteiger partial charge in [0.05, 0.1) is 4.91 Å². The number of likely N-dealkylation sites (N-methyl/N-ethyl adjacent to an activating group) is 1. The number of rotatable bonds is 1. The van der Waals surface area contributed by atoms with Crippen LogP contribution in [0.15, 0.2) is 11.1 Å². The van der Waals surface area contributed by atoms with E-state index in [0.29, 0.717) is 0 Å². The van der Waals surface area contributed by atoms with Crippen LogP contribution in [0.4, 0.5) is 0 Å². The highest BCUT2D eigenvalue weighted by molar-refractivity contribution is 7.85. The second kappa shape index (κ2) is 3.40. The molecule has 0 aliphatic rings. The van der Waals surface area contributed by atoms with Gasteiger partial charge in [-0.25, -0.2) is 0 Å². The molecule has 0 atom stereocenters. The maximum Gasteiger partial charge on any atom is 0.260 e. The average Bonchev–Trinajstić information content (AvgIpc) is 1.84. The first-order valence-electron chi connectivity index (χ1n) is 2.42. The van der Waals surface area contributed by atoms with Crippen LogP contribution in [0.3, 0.4) is 0 Å². The molecule has 0 saturated carbocycles. The van der Waals surface area contributed by atoms with Gasteiger partial charge in [-0.15, -0.1) is 12.6 Å². The summed E-state index contributed by atoms with van der Waals surface area (Å²) < 4.78 is 0. The Balaban J connectivity index is 4.06. The van der Waals surface area contributed by atoms with E-state index in [1.807, 2.05) is 0 Å². The molecule has 0 radical (unpaired) electrons. The minimum absolute atomic E-state index is 0.180. The second-order valence-electron chi connectivity index (χ2n) is 1.75. The molecule has 3 nitrogen and oxygen atoms in total. The number of amides is 1. The SMILES string of the molecule is CN(C)C(=O)/C(S)=C/N. The minimum atomic E-state index is -0.180. The van der Waals surface area contributed by atoms with E-state index >= 15 is 0 Å². The van der Waals surface area contributed by atoms with Crippen molar-refractivity contribution >= 4 is 18.5 Å². The van der Waals surface area contributed by atoms with Gasteiger partial charge in [-0.3, -0.25) is 4.79 Å². The Morgan fingerprint density at radius 1 is 1.67 bits per heavy atom. The molecule has 0 rings (SSSR count). The van der Waals surface area contributed by atoms with Crippen LogP contribution in [0.25, 0.3) is 0 Å². The molecular formula is C5H10N2OS. The van der Waals surface area contributed by atoms with Crippen LogP contribution in [-0.2, 0) is 4.79 Å². The molecule has 4 heteroatoms. The fourth-order valence-electron chi connectivity index (χ4n) is 0.300. The molecule has 52 valence electrons. The van der Waals surface area contributed by atoms with E-state index in [9.17, 15) is 4.79 Å². The molecule has 0 bridgehead atoms. The molecule has 0 unspecified atom stereocenters. The Kier molecular flexibility index (Phi) is 3.16. The molecule has 0 saturated heterocycles. The lowest BCUT2D eigenvalue weighted by atomic mass is 10.5. The van der Waals surface area contributed by atoms with E-state index < -0.39 is 0 Å². The summed E-state index contributed by atoms with van der Waals surface area (Å²) in [4.78, 5) is 12.4. The summed E-state index contributed by atoms with van der Waals surface area (Å²) in [6.45, 7) is 0. The fraction of sp³-hybridized carbons (Fsp3) is 0.400. The van der Waals surface area contributed by atoms with E-state index in [-0.39, 0.29) is 10.8 Å². The summed E-state index contributed by atoms with van der Waals surface area (Å²) in [6, 6.07) is 0. The summed E-state index contributed by atoms with van der Waals surface area (Å²) in [5, 5.41) is 0. The number of carbonyl (C=O) groups excluding carboxylic acids is 1. The van der Waals surface area contributed by atoms with Crippen LogP contribution in [0.1, 0.15) is 0 Å². The number of hydrogen-bond donors (Lipinski definition) is 2. The summed E-state index contributed by atoms with van der Waals surface area (Å²) in [5.74, 6) is -0.180. The fourth-order valence-corrected chi connectivity index (χ4v) is 0.500. The third-order valence-corrected chi connectivity index (χ3v) is 1.12. The molecule has 0 aliphatic carbocycles. The van der Waals surface area contributed by atoms with Crippen molar-refractivity contribution in [2.75, 3.05) is 14.1 Å². The number of carbonyl (C=O) groups is 1. The molecule has 0 aromatic carbocycles. The molecule has 0 fully saturated rings. The molecular weight excluding hydrogens is 136 g/mol. The third kappa shape index (κ3) is 2.41. The van der Waals surface area contributed by atoms with Crippen LogP contribution in [0.5, 0.6) is 0 Å². The standard InChI is InChI=1S/C5H10N2OS/c1-7(2)5(8)4(9)3-6/h3,9H,6H2,1-2H3/b4-3-. The predicted octanol–water partition coefficient (Wildman–Crippen LogP) is -0.196. The van der Waals surface area contributed by atoms with E-state index in [1.54, 1.807) is 14.1 Å². The Labute approximate surface area is 59.9 Å². The number of thiol groups is 1. The monoisotopic (exact) mass is 146 g/mol. The average molecular weight is 146 g/mol. The lowest BCUT2D eigenvalue weighted by Gasteiger charge is -2.07. The van der Waals surface area contributed by atoms with Gasteiger partial charge in [-0.1, -0.05) is 0 Å². The molecule has 0 aromatic rings. The summed E-state index contributed by atoms with van der Waals surface area (Å²) in [6.07, 6.45) is 1.17. The van der Waals surface area contributed by atoms with Gasteiger partial charge in [0.25, 0.3) is 5.91 Å².